The van der Waals surface area contributed by atoms with Crippen LogP contribution in [0.2, 0.25) is 0 Å². The van der Waals surface area contributed by atoms with E-state index in [1.165, 1.54) is 0 Å². The average molecular weight is 488 g/mol. The van der Waals surface area contributed by atoms with Crippen molar-refractivity contribution in [2.45, 2.75) is 5.92 Å². The molecule has 7 heteroatoms. The van der Waals surface area contributed by atoms with Crippen LogP contribution in [0.3, 0.4) is 0 Å². The number of carbonyl (C=O) groups excluding carboxylic acids is 1. The number of hydrogen-bond acceptors (Lipinski definition) is 5. The summed E-state index contributed by atoms with van der Waals surface area (Å²) in [4.78, 5) is 14.4. The number of anilines is 1. The molecule has 0 aliphatic carbocycles. The first kappa shape index (κ1) is 21.9. The molecular weight excluding hydrogens is 466 g/mol. The zero-order chi connectivity index (χ0) is 24.3. The summed E-state index contributed by atoms with van der Waals surface area (Å²) in [7, 11) is 0. The van der Waals surface area contributed by atoms with Crippen molar-refractivity contribution in [3.05, 3.63) is 126 Å². The van der Waals surface area contributed by atoms with Crippen LogP contribution in [0, 0.1) is 0 Å². The van der Waals surface area contributed by atoms with E-state index in [4.69, 9.17) is 5.10 Å². The molecule has 3 aromatic heterocycles. The van der Waals surface area contributed by atoms with Crippen molar-refractivity contribution in [3.63, 3.8) is 0 Å². The van der Waals surface area contributed by atoms with Gasteiger partial charge < -0.3 is 5.32 Å². The molecule has 0 fully saturated rings. The highest BCUT2D eigenvalue weighted by atomic mass is 32.1. The van der Waals surface area contributed by atoms with Crippen LogP contribution in [0.4, 0.5) is 5.69 Å². The maximum atomic E-state index is 13.4. The smallest absolute Gasteiger partial charge is 0.236 e. The third kappa shape index (κ3) is 4.28. The molecule has 1 amide bonds. The lowest BCUT2D eigenvalue weighted by Gasteiger charge is -2.18. The quantitative estimate of drug-likeness (QED) is 0.300. The lowest BCUT2D eigenvalue weighted by atomic mass is 9.90. The Morgan fingerprint density at radius 1 is 0.750 bits per heavy atom. The first-order valence-corrected chi connectivity index (χ1v) is 12.4. The first-order chi connectivity index (χ1) is 17.8. The number of aromatic nitrogens is 4. The van der Waals surface area contributed by atoms with Gasteiger partial charge in [0.1, 0.15) is 0 Å². The van der Waals surface area contributed by atoms with E-state index >= 15 is 0 Å². The third-order valence-electron chi connectivity index (χ3n) is 5.98. The molecular formula is C29H21N5OS. The monoisotopic (exact) mass is 487 g/mol. The van der Waals surface area contributed by atoms with Crippen LogP contribution in [0.25, 0.3) is 27.6 Å². The standard InChI is InChI=1S/C29H21N5OS/c35-29(27(21-8-3-1-4-9-21)22-10-5-2-6-11-22)30-23-15-13-20(14-16-23)24-17-18-26-31-32-28(34(26)33-24)25-12-7-19-36-25/h1-19,27H,(H,30,35). The van der Waals surface area contributed by atoms with Crippen LogP contribution in [-0.2, 0) is 4.79 Å². The number of nitrogens with zero attached hydrogens (tertiary/aromatic N) is 4. The predicted molar refractivity (Wildman–Crippen MR) is 143 cm³/mol. The Balaban J connectivity index is 1.26. The maximum Gasteiger partial charge on any atom is 0.236 e. The minimum atomic E-state index is -0.402. The lowest BCUT2D eigenvalue weighted by Crippen LogP contribution is -2.22. The van der Waals surface area contributed by atoms with Crippen LogP contribution in [0.1, 0.15) is 17.0 Å². The molecule has 0 saturated heterocycles. The Morgan fingerprint density at radius 3 is 2.08 bits per heavy atom. The minimum Gasteiger partial charge on any atom is -0.325 e. The Labute approximate surface area is 211 Å². The van der Waals surface area contributed by atoms with Gasteiger partial charge in [0.15, 0.2) is 11.5 Å². The van der Waals surface area contributed by atoms with Gasteiger partial charge in [0.25, 0.3) is 0 Å². The molecule has 36 heavy (non-hydrogen) atoms. The van der Waals surface area contributed by atoms with Gasteiger partial charge in [0, 0.05) is 11.3 Å². The fourth-order valence-corrected chi connectivity index (χ4v) is 4.92. The summed E-state index contributed by atoms with van der Waals surface area (Å²) in [6.07, 6.45) is 0. The molecule has 174 valence electrons. The molecule has 0 unspecified atom stereocenters. The van der Waals surface area contributed by atoms with Gasteiger partial charge in [-0.15, -0.1) is 21.5 Å². The van der Waals surface area contributed by atoms with Crippen molar-refractivity contribution < 1.29 is 4.79 Å². The maximum absolute atomic E-state index is 13.4. The van der Waals surface area contributed by atoms with Crippen LogP contribution in [0.5, 0.6) is 0 Å². The van der Waals surface area contributed by atoms with Gasteiger partial charge in [-0.2, -0.15) is 9.61 Å². The first-order valence-electron chi connectivity index (χ1n) is 11.5. The van der Waals surface area contributed by atoms with Crippen molar-refractivity contribution in [2.75, 3.05) is 5.32 Å². The molecule has 6 aromatic rings. The lowest BCUT2D eigenvalue weighted by molar-refractivity contribution is -0.116. The Hall–Kier alpha value is -4.62. The summed E-state index contributed by atoms with van der Waals surface area (Å²) in [5, 5.41) is 18.4. The summed E-state index contributed by atoms with van der Waals surface area (Å²) in [6, 6.07) is 35.2. The molecule has 0 aliphatic rings. The molecule has 0 atom stereocenters. The highest BCUT2D eigenvalue weighted by Gasteiger charge is 2.22. The van der Waals surface area contributed by atoms with Crippen LogP contribution < -0.4 is 5.32 Å². The number of fused-ring (bicyclic) bond motifs is 1. The summed E-state index contributed by atoms with van der Waals surface area (Å²) >= 11 is 1.60. The molecule has 1 N–H and O–H groups in total. The summed E-state index contributed by atoms with van der Waals surface area (Å²) in [5.41, 5.74) is 5.05. The summed E-state index contributed by atoms with van der Waals surface area (Å²) < 4.78 is 1.77. The third-order valence-corrected chi connectivity index (χ3v) is 6.85. The summed E-state index contributed by atoms with van der Waals surface area (Å²) in [5.74, 6) is 0.240. The average Bonchev–Trinajstić information content (AvgIpc) is 3.60. The van der Waals surface area contributed by atoms with Crippen molar-refractivity contribution >= 4 is 28.6 Å². The van der Waals surface area contributed by atoms with E-state index in [1.54, 1.807) is 15.9 Å². The van der Waals surface area contributed by atoms with Gasteiger partial charge in [-0.3, -0.25) is 4.79 Å². The molecule has 6 rings (SSSR count). The summed E-state index contributed by atoms with van der Waals surface area (Å²) in [6.45, 7) is 0. The van der Waals surface area contributed by atoms with Gasteiger partial charge in [-0.05, 0) is 46.8 Å². The van der Waals surface area contributed by atoms with Crippen LogP contribution >= 0.6 is 11.3 Å². The van der Waals surface area contributed by atoms with E-state index in [2.05, 4.69) is 15.5 Å². The normalized spacial score (nSPS) is 11.1. The second kappa shape index (κ2) is 9.56. The second-order valence-corrected chi connectivity index (χ2v) is 9.26. The molecule has 6 nitrogen and oxygen atoms in total. The molecule has 0 aliphatic heterocycles. The Bertz CT molecular complexity index is 1570. The fourth-order valence-electron chi connectivity index (χ4n) is 4.23. The number of nitrogens with one attached hydrogen (secondary N) is 1. The van der Waals surface area contributed by atoms with Gasteiger partial charge >= 0.3 is 0 Å². The number of rotatable bonds is 6. The molecule has 0 spiro atoms. The van der Waals surface area contributed by atoms with E-state index in [0.717, 1.165) is 38.8 Å². The number of amides is 1. The Morgan fingerprint density at radius 2 is 1.44 bits per heavy atom. The molecule has 3 aromatic carbocycles. The van der Waals surface area contributed by atoms with E-state index in [-0.39, 0.29) is 5.91 Å². The fraction of sp³-hybridized carbons (Fsp3) is 0.0345. The number of hydrogen-bond donors (Lipinski definition) is 1. The second-order valence-electron chi connectivity index (χ2n) is 8.31. The largest absolute Gasteiger partial charge is 0.325 e. The van der Waals surface area contributed by atoms with Crippen molar-refractivity contribution in [2.24, 2.45) is 0 Å². The van der Waals surface area contributed by atoms with Gasteiger partial charge in [0.05, 0.1) is 16.5 Å². The molecule has 3 heterocycles. The SMILES string of the molecule is O=C(Nc1ccc(-c2ccc3nnc(-c4cccs4)n3n2)cc1)C(c1ccccc1)c1ccccc1. The number of benzene rings is 3. The number of thiophene rings is 1. The van der Waals surface area contributed by atoms with Gasteiger partial charge in [0.2, 0.25) is 5.91 Å². The van der Waals surface area contributed by atoms with Crippen molar-refractivity contribution in [1.29, 1.82) is 0 Å². The number of carbonyl (C=O) groups is 1. The Kier molecular flexibility index (Phi) is 5.81. The van der Waals surface area contributed by atoms with Gasteiger partial charge in [-0.25, -0.2) is 0 Å². The molecule has 0 radical (unpaired) electrons. The van der Waals surface area contributed by atoms with Crippen molar-refractivity contribution in [3.8, 4) is 22.0 Å². The molecule has 0 bridgehead atoms. The van der Waals surface area contributed by atoms with E-state index < -0.39 is 5.92 Å². The van der Waals surface area contributed by atoms with E-state index in [0.29, 0.717) is 5.65 Å². The van der Waals surface area contributed by atoms with E-state index in [1.807, 2.05) is 115 Å². The zero-order valence-electron chi connectivity index (χ0n) is 19.2. The van der Waals surface area contributed by atoms with Crippen LogP contribution in [-0.4, -0.2) is 25.7 Å². The van der Waals surface area contributed by atoms with Crippen LogP contribution in [0.15, 0.2) is 115 Å². The van der Waals surface area contributed by atoms with Gasteiger partial charge in [-0.1, -0.05) is 78.9 Å². The molecule has 0 saturated carbocycles. The zero-order valence-corrected chi connectivity index (χ0v) is 20.0. The minimum absolute atomic E-state index is 0.0789. The topological polar surface area (TPSA) is 72.2 Å². The highest BCUT2D eigenvalue weighted by Crippen LogP contribution is 2.28. The highest BCUT2D eigenvalue weighted by molar-refractivity contribution is 7.13. The van der Waals surface area contributed by atoms with Crippen molar-refractivity contribution in [1.82, 2.24) is 19.8 Å². The predicted octanol–water partition coefficient (Wildman–Crippen LogP) is 6.29. The van der Waals surface area contributed by atoms with E-state index in [9.17, 15) is 4.79 Å².